The molecule has 1 heterocycles. The standard InChI is InChI=1S/C13H14N2O/c14-13(6-3-7-13)11-5-2-1-4-10(11)12-15-8-9-16-12/h1-2,4-5,8-9H,3,6-7,14H2. The Hall–Kier alpha value is -1.61. The molecule has 0 spiro atoms. The molecule has 1 aromatic heterocycles. The van der Waals surface area contributed by atoms with Crippen LogP contribution in [0.5, 0.6) is 0 Å². The number of aromatic nitrogens is 1. The molecule has 0 atom stereocenters. The second-order valence-corrected chi connectivity index (χ2v) is 4.39. The number of oxazole rings is 1. The van der Waals surface area contributed by atoms with Crippen molar-refractivity contribution in [1.29, 1.82) is 0 Å². The minimum absolute atomic E-state index is 0.176. The first-order valence-electron chi connectivity index (χ1n) is 5.58. The summed E-state index contributed by atoms with van der Waals surface area (Å²) in [7, 11) is 0. The van der Waals surface area contributed by atoms with Crippen LogP contribution in [0.1, 0.15) is 24.8 Å². The Balaban J connectivity index is 2.12. The molecule has 1 aromatic carbocycles. The van der Waals surface area contributed by atoms with Gasteiger partial charge in [-0.1, -0.05) is 18.2 Å². The van der Waals surface area contributed by atoms with E-state index in [2.05, 4.69) is 11.1 Å². The predicted molar refractivity (Wildman–Crippen MR) is 61.7 cm³/mol. The molecule has 0 amide bonds. The molecular weight excluding hydrogens is 200 g/mol. The summed E-state index contributed by atoms with van der Waals surface area (Å²) in [6, 6.07) is 8.12. The van der Waals surface area contributed by atoms with Crippen molar-refractivity contribution in [2.75, 3.05) is 0 Å². The summed E-state index contributed by atoms with van der Waals surface area (Å²) in [6.07, 6.45) is 6.55. The van der Waals surface area contributed by atoms with Crippen molar-refractivity contribution in [3.05, 3.63) is 42.3 Å². The van der Waals surface area contributed by atoms with Crippen molar-refractivity contribution in [1.82, 2.24) is 4.98 Å². The first kappa shape index (κ1) is 9.60. The first-order chi connectivity index (χ1) is 7.80. The summed E-state index contributed by atoms with van der Waals surface area (Å²) < 4.78 is 5.36. The monoisotopic (exact) mass is 214 g/mol. The van der Waals surface area contributed by atoms with Gasteiger partial charge in [-0.25, -0.2) is 4.98 Å². The Bertz CT molecular complexity index is 486. The highest BCUT2D eigenvalue weighted by Gasteiger charge is 2.36. The average Bonchev–Trinajstić information content (AvgIpc) is 2.79. The summed E-state index contributed by atoms with van der Waals surface area (Å²) in [4.78, 5) is 4.20. The van der Waals surface area contributed by atoms with Gasteiger partial charge in [0.1, 0.15) is 6.26 Å². The van der Waals surface area contributed by atoms with Crippen LogP contribution in [0, 0.1) is 0 Å². The molecule has 0 unspecified atom stereocenters. The molecule has 0 aliphatic heterocycles. The largest absolute Gasteiger partial charge is 0.445 e. The molecule has 1 aliphatic carbocycles. The maximum atomic E-state index is 6.36. The van der Waals surface area contributed by atoms with Crippen molar-refractivity contribution in [2.45, 2.75) is 24.8 Å². The molecule has 1 fully saturated rings. The normalized spacial score (nSPS) is 18.1. The third-order valence-electron chi connectivity index (χ3n) is 3.37. The number of benzene rings is 1. The summed E-state index contributed by atoms with van der Waals surface area (Å²) in [5, 5.41) is 0. The second kappa shape index (κ2) is 3.46. The van der Waals surface area contributed by atoms with Crippen LogP contribution in [0.4, 0.5) is 0 Å². The number of nitrogens with zero attached hydrogens (tertiary/aromatic N) is 1. The molecule has 0 saturated heterocycles. The van der Waals surface area contributed by atoms with Crippen molar-refractivity contribution < 1.29 is 4.42 Å². The van der Waals surface area contributed by atoms with Crippen LogP contribution in [-0.2, 0) is 5.54 Å². The molecule has 3 rings (SSSR count). The fraction of sp³-hybridized carbons (Fsp3) is 0.308. The third-order valence-corrected chi connectivity index (χ3v) is 3.37. The third kappa shape index (κ3) is 1.36. The molecule has 82 valence electrons. The Morgan fingerprint density at radius 2 is 2.06 bits per heavy atom. The lowest BCUT2D eigenvalue weighted by Crippen LogP contribution is -2.43. The molecule has 3 heteroatoms. The quantitative estimate of drug-likeness (QED) is 0.836. The number of nitrogens with two attached hydrogens (primary N) is 1. The van der Waals surface area contributed by atoms with Gasteiger partial charge in [-0.05, 0) is 30.9 Å². The van der Waals surface area contributed by atoms with E-state index >= 15 is 0 Å². The van der Waals surface area contributed by atoms with E-state index in [1.165, 1.54) is 6.42 Å². The Labute approximate surface area is 94.3 Å². The van der Waals surface area contributed by atoms with Crippen LogP contribution in [0.3, 0.4) is 0 Å². The lowest BCUT2D eigenvalue weighted by molar-refractivity contribution is 0.254. The van der Waals surface area contributed by atoms with Gasteiger partial charge in [-0.2, -0.15) is 0 Å². The van der Waals surface area contributed by atoms with Crippen molar-refractivity contribution in [3.63, 3.8) is 0 Å². The summed E-state index contributed by atoms with van der Waals surface area (Å²) in [5.41, 5.74) is 8.37. The van der Waals surface area contributed by atoms with Crippen LogP contribution in [0.2, 0.25) is 0 Å². The first-order valence-corrected chi connectivity index (χ1v) is 5.58. The molecule has 0 bridgehead atoms. The van der Waals surface area contributed by atoms with Crippen LogP contribution in [0.15, 0.2) is 41.1 Å². The maximum Gasteiger partial charge on any atom is 0.226 e. The van der Waals surface area contributed by atoms with Crippen molar-refractivity contribution in [3.8, 4) is 11.5 Å². The maximum absolute atomic E-state index is 6.36. The molecular formula is C13H14N2O. The van der Waals surface area contributed by atoms with Gasteiger partial charge in [-0.3, -0.25) is 0 Å². The highest BCUT2D eigenvalue weighted by atomic mass is 16.3. The summed E-state index contributed by atoms with van der Waals surface area (Å²) in [6.45, 7) is 0. The van der Waals surface area contributed by atoms with Gasteiger partial charge in [0.05, 0.1) is 6.20 Å². The highest BCUT2D eigenvalue weighted by Crippen LogP contribution is 2.42. The molecule has 3 nitrogen and oxygen atoms in total. The van der Waals surface area contributed by atoms with Crippen LogP contribution in [0.25, 0.3) is 11.5 Å². The molecule has 0 radical (unpaired) electrons. The van der Waals surface area contributed by atoms with E-state index in [1.54, 1.807) is 12.5 Å². The Morgan fingerprint density at radius 3 is 2.69 bits per heavy atom. The molecule has 2 aromatic rings. The van der Waals surface area contributed by atoms with Crippen molar-refractivity contribution >= 4 is 0 Å². The van der Waals surface area contributed by atoms with E-state index in [9.17, 15) is 0 Å². The fourth-order valence-electron chi connectivity index (χ4n) is 2.29. The van der Waals surface area contributed by atoms with Gasteiger partial charge in [0, 0.05) is 11.1 Å². The highest BCUT2D eigenvalue weighted by molar-refractivity contribution is 5.61. The van der Waals surface area contributed by atoms with Crippen molar-refractivity contribution in [2.24, 2.45) is 5.73 Å². The summed E-state index contributed by atoms with van der Waals surface area (Å²) >= 11 is 0. The van der Waals surface area contributed by atoms with Crippen LogP contribution in [-0.4, -0.2) is 4.98 Å². The predicted octanol–water partition coefficient (Wildman–Crippen LogP) is 2.68. The summed E-state index contributed by atoms with van der Waals surface area (Å²) in [5.74, 6) is 0.660. The van der Waals surface area contributed by atoms with E-state index in [1.807, 2.05) is 18.2 Å². The van der Waals surface area contributed by atoms with E-state index in [4.69, 9.17) is 10.2 Å². The average molecular weight is 214 g/mol. The van der Waals surface area contributed by atoms with Crippen LogP contribution < -0.4 is 5.73 Å². The fourth-order valence-corrected chi connectivity index (χ4v) is 2.29. The SMILES string of the molecule is NC1(c2ccccc2-c2ncco2)CCC1. The van der Waals surface area contributed by atoms with E-state index in [0.717, 1.165) is 24.0 Å². The van der Waals surface area contributed by atoms with E-state index in [0.29, 0.717) is 5.89 Å². The minimum atomic E-state index is -0.176. The zero-order chi connectivity index (χ0) is 11.0. The lowest BCUT2D eigenvalue weighted by Gasteiger charge is -2.39. The number of rotatable bonds is 2. The Kier molecular flexibility index (Phi) is 2.07. The molecule has 16 heavy (non-hydrogen) atoms. The Morgan fingerprint density at radius 1 is 1.25 bits per heavy atom. The van der Waals surface area contributed by atoms with Gasteiger partial charge in [0.15, 0.2) is 0 Å². The smallest absolute Gasteiger partial charge is 0.226 e. The molecule has 2 N–H and O–H groups in total. The molecule has 1 aliphatic rings. The van der Waals surface area contributed by atoms with E-state index < -0.39 is 0 Å². The van der Waals surface area contributed by atoms with Crippen LogP contribution >= 0.6 is 0 Å². The van der Waals surface area contributed by atoms with Gasteiger partial charge >= 0.3 is 0 Å². The van der Waals surface area contributed by atoms with Gasteiger partial charge in [0.25, 0.3) is 0 Å². The van der Waals surface area contributed by atoms with Gasteiger partial charge < -0.3 is 10.2 Å². The van der Waals surface area contributed by atoms with E-state index in [-0.39, 0.29) is 5.54 Å². The van der Waals surface area contributed by atoms with Gasteiger partial charge in [0.2, 0.25) is 5.89 Å². The zero-order valence-corrected chi connectivity index (χ0v) is 9.02. The topological polar surface area (TPSA) is 52.0 Å². The minimum Gasteiger partial charge on any atom is -0.445 e. The second-order valence-electron chi connectivity index (χ2n) is 4.39. The number of hydrogen-bond donors (Lipinski definition) is 1. The molecule has 1 saturated carbocycles. The zero-order valence-electron chi connectivity index (χ0n) is 9.02. The van der Waals surface area contributed by atoms with Gasteiger partial charge in [-0.15, -0.1) is 0 Å². The number of hydrogen-bond acceptors (Lipinski definition) is 3. The lowest BCUT2D eigenvalue weighted by atomic mass is 9.71.